The van der Waals surface area contributed by atoms with E-state index in [0.29, 0.717) is 5.92 Å². The molecule has 0 unspecified atom stereocenters. The van der Waals surface area contributed by atoms with Gasteiger partial charge in [-0.15, -0.1) is 6.58 Å². The van der Waals surface area contributed by atoms with Crippen LogP contribution >= 0.6 is 0 Å². The number of anilines is 1. The molecule has 0 amide bonds. The molecule has 0 spiro atoms. The standard InChI is InChI=1S/C15H24N2O/c1-5-6-7-8-17(4)15-10-13(11-18)9-14(16-15)12(2)3/h5,9-10,12,18H,1,6-8,11H2,2-4H3. The average molecular weight is 248 g/mol. The maximum atomic E-state index is 9.30. The topological polar surface area (TPSA) is 36.4 Å². The van der Waals surface area contributed by atoms with Crippen molar-refractivity contribution < 1.29 is 5.11 Å². The third kappa shape index (κ3) is 4.15. The van der Waals surface area contributed by atoms with Gasteiger partial charge in [0.1, 0.15) is 5.82 Å². The molecule has 0 aromatic carbocycles. The van der Waals surface area contributed by atoms with Gasteiger partial charge in [0.05, 0.1) is 6.61 Å². The van der Waals surface area contributed by atoms with Gasteiger partial charge in [-0.25, -0.2) is 4.98 Å². The number of hydrogen-bond donors (Lipinski definition) is 1. The van der Waals surface area contributed by atoms with Crippen LogP contribution in [0.3, 0.4) is 0 Å². The van der Waals surface area contributed by atoms with Crippen LogP contribution in [0.1, 0.15) is 43.9 Å². The molecular weight excluding hydrogens is 224 g/mol. The highest BCUT2D eigenvalue weighted by Gasteiger charge is 2.08. The number of aliphatic hydroxyl groups is 1. The van der Waals surface area contributed by atoms with Crippen LogP contribution < -0.4 is 4.90 Å². The lowest BCUT2D eigenvalue weighted by molar-refractivity contribution is 0.281. The zero-order valence-electron chi connectivity index (χ0n) is 11.7. The number of aliphatic hydroxyl groups excluding tert-OH is 1. The van der Waals surface area contributed by atoms with Crippen molar-refractivity contribution in [1.82, 2.24) is 4.98 Å². The normalized spacial score (nSPS) is 10.7. The molecule has 0 aliphatic carbocycles. The maximum Gasteiger partial charge on any atom is 0.128 e. The fourth-order valence-corrected chi connectivity index (χ4v) is 1.76. The van der Waals surface area contributed by atoms with E-state index in [1.165, 1.54) is 0 Å². The van der Waals surface area contributed by atoms with Gasteiger partial charge in [-0.3, -0.25) is 0 Å². The van der Waals surface area contributed by atoms with Gasteiger partial charge in [0.25, 0.3) is 0 Å². The Hall–Kier alpha value is -1.35. The van der Waals surface area contributed by atoms with E-state index in [9.17, 15) is 5.11 Å². The van der Waals surface area contributed by atoms with Crippen LogP contribution in [0.2, 0.25) is 0 Å². The fourth-order valence-electron chi connectivity index (χ4n) is 1.76. The zero-order chi connectivity index (χ0) is 13.5. The first-order chi connectivity index (χ1) is 8.58. The minimum atomic E-state index is 0.0652. The van der Waals surface area contributed by atoms with Crippen LogP contribution in [0.15, 0.2) is 24.8 Å². The molecule has 1 rings (SSSR count). The van der Waals surface area contributed by atoms with E-state index in [-0.39, 0.29) is 6.61 Å². The van der Waals surface area contributed by atoms with Crippen molar-refractivity contribution in [2.75, 3.05) is 18.5 Å². The Bertz CT molecular complexity index is 388. The number of rotatable bonds is 7. The summed E-state index contributed by atoms with van der Waals surface area (Å²) < 4.78 is 0. The third-order valence-electron chi connectivity index (χ3n) is 2.96. The predicted molar refractivity (Wildman–Crippen MR) is 76.9 cm³/mol. The summed E-state index contributed by atoms with van der Waals surface area (Å²) in [5.74, 6) is 1.31. The number of pyridine rings is 1. The van der Waals surface area contributed by atoms with Crippen molar-refractivity contribution in [3.8, 4) is 0 Å². The smallest absolute Gasteiger partial charge is 0.128 e. The van der Waals surface area contributed by atoms with Gasteiger partial charge < -0.3 is 10.0 Å². The molecular formula is C15H24N2O. The summed E-state index contributed by atoms with van der Waals surface area (Å²) in [5, 5.41) is 9.30. The molecule has 0 saturated carbocycles. The largest absolute Gasteiger partial charge is 0.392 e. The number of unbranched alkanes of at least 4 members (excludes halogenated alkanes) is 1. The molecule has 1 aromatic heterocycles. The van der Waals surface area contributed by atoms with Crippen LogP contribution in [-0.2, 0) is 6.61 Å². The van der Waals surface area contributed by atoms with E-state index in [4.69, 9.17) is 0 Å². The Kier molecular flexibility index (Phi) is 5.86. The number of allylic oxidation sites excluding steroid dienone is 1. The van der Waals surface area contributed by atoms with E-state index < -0.39 is 0 Å². The molecule has 1 aromatic rings. The molecule has 3 nitrogen and oxygen atoms in total. The van der Waals surface area contributed by atoms with Gasteiger partial charge in [0.2, 0.25) is 0 Å². The van der Waals surface area contributed by atoms with Gasteiger partial charge in [0, 0.05) is 19.3 Å². The quantitative estimate of drug-likeness (QED) is 0.595. The number of nitrogens with zero attached hydrogens (tertiary/aromatic N) is 2. The van der Waals surface area contributed by atoms with Crippen molar-refractivity contribution in [3.05, 3.63) is 36.0 Å². The minimum absolute atomic E-state index is 0.0652. The SMILES string of the molecule is C=CCCCN(C)c1cc(CO)cc(C(C)C)n1. The Morgan fingerprint density at radius 2 is 2.17 bits per heavy atom. The first-order valence-electron chi connectivity index (χ1n) is 6.52. The highest BCUT2D eigenvalue weighted by atomic mass is 16.3. The lowest BCUT2D eigenvalue weighted by Gasteiger charge is -2.20. The summed E-state index contributed by atoms with van der Waals surface area (Å²) in [7, 11) is 2.04. The molecule has 0 fully saturated rings. The van der Waals surface area contributed by atoms with E-state index in [1.54, 1.807) is 0 Å². The molecule has 100 valence electrons. The van der Waals surface area contributed by atoms with Crippen molar-refractivity contribution in [1.29, 1.82) is 0 Å². The van der Waals surface area contributed by atoms with Crippen molar-refractivity contribution in [2.45, 2.75) is 39.2 Å². The second kappa shape index (κ2) is 7.17. The Morgan fingerprint density at radius 1 is 1.44 bits per heavy atom. The summed E-state index contributed by atoms with van der Waals surface area (Å²) in [4.78, 5) is 6.78. The fraction of sp³-hybridized carbons (Fsp3) is 0.533. The van der Waals surface area contributed by atoms with E-state index >= 15 is 0 Å². The lowest BCUT2D eigenvalue weighted by atomic mass is 10.1. The average Bonchev–Trinajstić information content (AvgIpc) is 2.38. The van der Waals surface area contributed by atoms with Gasteiger partial charge in [-0.2, -0.15) is 0 Å². The van der Waals surface area contributed by atoms with E-state index in [2.05, 4.69) is 30.3 Å². The minimum Gasteiger partial charge on any atom is -0.392 e. The second-order valence-corrected chi connectivity index (χ2v) is 4.92. The molecule has 3 heteroatoms. The Balaban J connectivity index is 2.85. The van der Waals surface area contributed by atoms with Crippen molar-refractivity contribution >= 4 is 5.82 Å². The highest BCUT2D eigenvalue weighted by molar-refractivity contribution is 5.42. The van der Waals surface area contributed by atoms with Crippen LogP contribution in [0, 0.1) is 0 Å². The van der Waals surface area contributed by atoms with Gasteiger partial charge in [-0.1, -0.05) is 19.9 Å². The summed E-state index contributed by atoms with van der Waals surface area (Å²) in [5.41, 5.74) is 1.96. The first-order valence-corrected chi connectivity index (χ1v) is 6.52. The van der Waals surface area contributed by atoms with E-state index in [0.717, 1.165) is 36.5 Å². The molecule has 0 bridgehead atoms. The molecule has 0 aliphatic rings. The van der Waals surface area contributed by atoms with Crippen molar-refractivity contribution in [2.24, 2.45) is 0 Å². The Labute approximate surface area is 110 Å². The maximum absolute atomic E-state index is 9.30. The first kappa shape index (κ1) is 14.7. The molecule has 0 saturated heterocycles. The number of hydrogen-bond acceptors (Lipinski definition) is 3. The molecule has 0 atom stereocenters. The lowest BCUT2D eigenvalue weighted by Crippen LogP contribution is -2.20. The molecule has 1 N–H and O–H groups in total. The van der Waals surface area contributed by atoms with Crippen LogP contribution in [-0.4, -0.2) is 23.7 Å². The monoisotopic (exact) mass is 248 g/mol. The van der Waals surface area contributed by atoms with Crippen LogP contribution in [0.4, 0.5) is 5.82 Å². The second-order valence-electron chi connectivity index (χ2n) is 4.92. The van der Waals surface area contributed by atoms with Crippen molar-refractivity contribution in [3.63, 3.8) is 0 Å². The highest BCUT2D eigenvalue weighted by Crippen LogP contribution is 2.20. The van der Waals surface area contributed by atoms with Crippen LogP contribution in [0.25, 0.3) is 0 Å². The van der Waals surface area contributed by atoms with Gasteiger partial charge >= 0.3 is 0 Å². The molecule has 0 radical (unpaired) electrons. The molecule has 18 heavy (non-hydrogen) atoms. The van der Waals surface area contributed by atoms with E-state index in [1.807, 2.05) is 25.3 Å². The number of aromatic nitrogens is 1. The summed E-state index contributed by atoms with van der Waals surface area (Å²) in [6, 6.07) is 3.94. The summed E-state index contributed by atoms with van der Waals surface area (Å²) in [6.45, 7) is 8.97. The van der Waals surface area contributed by atoms with Gasteiger partial charge in [0.15, 0.2) is 0 Å². The Morgan fingerprint density at radius 3 is 2.72 bits per heavy atom. The molecule has 1 heterocycles. The summed E-state index contributed by atoms with van der Waals surface area (Å²) in [6.07, 6.45) is 4.02. The van der Waals surface area contributed by atoms with Gasteiger partial charge in [-0.05, 0) is 36.5 Å². The summed E-state index contributed by atoms with van der Waals surface area (Å²) >= 11 is 0. The van der Waals surface area contributed by atoms with Crippen LogP contribution in [0.5, 0.6) is 0 Å². The molecule has 0 aliphatic heterocycles. The predicted octanol–water partition coefficient (Wildman–Crippen LogP) is 3.10. The zero-order valence-corrected chi connectivity index (χ0v) is 11.7. The third-order valence-corrected chi connectivity index (χ3v) is 2.96.